The number of halogens is 1. The highest BCUT2D eigenvalue weighted by Gasteiger charge is 2.33. The normalized spacial score (nSPS) is 17.1. The van der Waals surface area contributed by atoms with Crippen LogP contribution in [0.4, 0.5) is 11.9 Å². The molecule has 0 bridgehead atoms. The lowest BCUT2D eigenvalue weighted by molar-refractivity contribution is -0.220. The van der Waals surface area contributed by atoms with Crippen LogP contribution in [0.5, 0.6) is 0 Å². The maximum Gasteiger partial charge on any atom is 0.333 e. The molecule has 214 valence electrons. The second-order valence-corrected chi connectivity index (χ2v) is 9.31. The van der Waals surface area contributed by atoms with Gasteiger partial charge in [-0.15, -0.1) is 10.1 Å². The van der Waals surface area contributed by atoms with E-state index in [0.29, 0.717) is 68.6 Å². The lowest BCUT2D eigenvalue weighted by Gasteiger charge is -2.18. The van der Waals surface area contributed by atoms with Gasteiger partial charge in [-0.3, -0.25) is 14.4 Å². The van der Waals surface area contributed by atoms with E-state index in [1.54, 1.807) is 0 Å². The van der Waals surface area contributed by atoms with Crippen molar-refractivity contribution >= 4 is 53.2 Å². The third-order valence-electron chi connectivity index (χ3n) is 5.82. The van der Waals surface area contributed by atoms with E-state index in [1.807, 2.05) is 0 Å². The Morgan fingerprint density at radius 2 is 1.33 bits per heavy atom. The molecule has 1 aromatic rings. The minimum atomic E-state index is -1.07. The highest BCUT2D eigenvalue weighted by atomic mass is 35.5. The molecule has 16 heteroatoms. The van der Waals surface area contributed by atoms with Gasteiger partial charge in [0.2, 0.25) is 17.2 Å². The van der Waals surface area contributed by atoms with E-state index in [2.05, 4.69) is 25.6 Å². The predicted octanol–water partition coefficient (Wildman–Crippen LogP) is 1.48. The fourth-order valence-electron chi connectivity index (χ4n) is 3.77. The summed E-state index contributed by atoms with van der Waals surface area (Å²) in [5, 5.41) is 17.0. The summed E-state index contributed by atoms with van der Waals surface area (Å²) in [6, 6.07) is 0. The molecule has 1 unspecified atom stereocenters. The minimum absolute atomic E-state index is 0.0187. The van der Waals surface area contributed by atoms with Crippen molar-refractivity contribution in [3.05, 3.63) is 5.28 Å². The first-order valence-corrected chi connectivity index (χ1v) is 13.3. The molecule has 2 aliphatic rings. The van der Waals surface area contributed by atoms with Crippen LogP contribution in [0, 0.1) is 0 Å². The van der Waals surface area contributed by atoms with Crippen molar-refractivity contribution in [2.75, 3.05) is 23.7 Å². The molecule has 3 rings (SSSR count). The number of imide groups is 1. The van der Waals surface area contributed by atoms with Gasteiger partial charge in [0.15, 0.2) is 6.23 Å². The van der Waals surface area contributed by atoms with Crippen LogP contribution in [-0.4, -0.2) is 79.2 Å². The van der Waals surface area contributed by atoms with Crippen molar-refractivity contribution in [1.29, 1.82) is 0 Å². The fraction of sp³-hybridized carbons (Fsp3) is 0.652. The molecule has 0 radical (unpaired) electrons. The number of hydrogen-bond acceptors (Lipinski definition) is 13. The van der Waals surface area contributed by atoms with Crippen LogP contribution in [0.25, 0.3) is 0 Å². The molecular weight excluding hydrogens is 538 g/mol. The number of carbonyl (C=O) groups is 5. The van der Waals surface area contributed by atoms with Gasteiger partial charge < -0.3 is 25.4 Å². The zero-order valence-electron chi connectivity index (χ0n) is 21.4. The van der Waals surface area contributed by atoms with E-state index in [9.17, 15) is 29.1 Å². The van der Waals surface area contributed by atoms with Gasteiger partial charge in [0.25, 0.3) is 17.7 Å². The molecule has 3 amide bonds. The highest BCUT2D eigenvalue weighted by Crippen LogP contribution is 2.18. The van der Waals surface area contributed by atoms with Crippen molar-refractivity contribution in [2.45, 2.75) is 83.3 Å². The Hall–Kier alpha value is -3.59. The Balaban J connectivity index is 1.24. The Labute approximate surface area is 229 Å². The van der Waals surface area contributed by atoms with Crippen molar-refractivity contribution < 1.29 is 38.8 Å². The van der Waals surface area contributed by atoms with Crippen LogP contribution in [0.1, 0.15) is 77.0 Å². The van der Waals surface area contributed by atoms with Gasteiger partial charge >= 0.3 is 11.9 Å². The van der Waals surface area contributed by atoms with Crippen LogP contribution in [0.15, 0.2) is 0 Å². The van der Waals surface area contributed by atoms with Gasteiger partial charge in [-0.05, 0) is 37.3 Å². The maximum atomic E-state index is 11.8. The summed E-state index contributed by atoms with van der Waals surface area (Å²) < 4.78 is 0. The first kappa shape index (κ1) is 30.0. The molecule has 1 aromatic heterocycles. The summed E-state index contributed by atoms with van der Waals surface area (Å²) in [5.74, 6) is -1.99. The summed E-state index contributed by atoms with van der Waals surface area (Å²) >= 11 is 5.98. The topological polar surface area (TPSA) is 193 Å². The number of aliphatic hydroxyl groups is 1. The summed E-state index contributed by atoms with van der Waals surface area (Å²) in [4.78, 5) is 80.2. The summed E-state index contributed by atoms with van der Waals surface area (Å²) in [6.07, 6.45) is 3.57. The van der Waals surface area contributed by atoms with Crippen molar-refractivity contribution in [3.8, 4) is 0 Å². The molecular formula is C23H32ClN7O8. The second kappa shape index (κ2) is 15.1. The second-order valence-electron chi connectivity index (χ2n) is 8.97. The molecule has 15 nitrogen and oxygen atoms in total. The SMILES string of the molecule is O=C(CCCCCNc1nc(Cl)nc(NCCCCCC(=O)ON2C(=O)CCC2O)n1)ON1C(=O)CCC1=O. The first-order chi connectivity index (χ1) is 18.7. The minimum Gasteiger partial charge on any atom is -0.370 e. The van der Waals surface area contributed by atoms with E-state index in [1.165, 1.54) is 0 Å². The van der Waals surface area contributed by atoms with Gasteiger partial charge in [-0.25, -0.2) is 9.59 Å². The van der Waals surface area contributed by atoms with Gasteiger partial charge in [0.05, 0.1) is 0 Å². The van der Waals surface area contributed by atoms with Crippen molar-refractivity contribution in [2.24, 2.45) is 0 Å². The van der Waals surface area contributed by atoms with E-state index in [-0.39, 0.29) is 43.8 Å². The quantitative estimate of drug-likeness (QED) is 0.191. The number of aromatic nitrogens is 3. The molecule has 1 atom stereocenters. The summed E-state index contributed by atoms with van der Waals surface area (Å²) in [7, 11) is 0. The number of nitrogens with zero attached hydrogens (tertiary/aromatic N) is 5. The number of unbranched alkanes of at least 4 members (excludes halogenated alkanes) is 4. The molecule has 2 aliphatic heterocycles. The number of anilines is 2. The van der Waals surface area contributed by atoms with Gasteiger partial charge in [-0.2, -0.15) is 15.0 Å². The Morgan fingerprint density at radius 3 is 1.85 bits per heavy atom. The maximum absolute atomic E-state index is 11.8. The van der Waals surface area contributed by atoms with Crippen molar-refractivity contribution in [3.63, 3.8) is 0 Å². The van der Waals surface area contributed by atoms with Gasteiger partial charge in [0.1, 0.15) is 0 Å². The molecule has 39 heavy (non-hydrogen) atoms. The molecule has 0 aliphatic carbocycles. The Bertz CT molecular complexity index is 1040. The average Bonchev–Trinajstić information content (AvgIpc) is 3.38. The van der Waals surface area contributed by atoms with Crippen LogP contribution >= 0.6 is 11.6 Å². The van der Waals surface area contributed by atoms with Gasteiger partial charge in [-0.1, -0.05) is 12.8 Å². The molecule has 3 N–H and O–H groups in total. The molecule has 0 aromatic carbocycles. The van der Waals surface area contributed by atoms with E-state index in [0.717, 1.165) is 5.06 Å². The molecule has 2 saturated heterocycles. The standard InChI is InChI=1S/C23H32ClN7O8/c24-21-27-22(25-13-5-1-3-7-19(36)38-30-15(32)9-10-16(30)33)29-23(28-21)26-14-6-2-4-8-20(37)39-31-17(34)11-12-18(31)35/h15,32H,1-14H2,(H2,25,26,27,28,29). The Kier molecular flexibility index (Phi) is 11.6. The molecule has 0 saturated carbocycles. The molecule has 2 fully saturated rings. The first-order valence-electron chi connectivity index (χ1n) is 12.9. The van der Waals surface area contributed by atoms with Gasteiger partial charge in [0, 0.05) is 51.6 Å². The van der Waals surface area contributed by atoms with Crippen LogP contribution in [0.3, 0.4) is 0 Å². The number of hydrogen-bond donors (Lipinski definition) is 3. The van der Waals surface area contributed by atoms with E-state index < -0.39 is 35.9 Å². The van der Waals surface area contributed by atoms with Crippen LogP contribution in [-0.2, 0) is 33.6 Å². The number of nitrogens with one attached hydrogen (secondary N) is 2. The number of aliphatic hydroxyl groups excluding tert-OH is 1. The predicted molar refractivity (Wildman–Crippen MR) is 134 cm³/mol. The van der Waals surface area contributed by atoms with E-state index in [4.69, 9.17) is 21.3 Å². The summed E-state index contributed by atoms with van der Waals surface area (Å²) in [6.45, 7) is 1.05. The average molecular weight is 570 g/mol. The molecule has 3 heterocycles. The largest absolute Gasteiger partial charge is 0.370 e. The fourth-order valence-corrected chi connectivity index (χ4v) is 3.93. The van der Waals surface area contributed by atoms with Crippen LogP contribution in [0.2, 0.25) is 5.28 Å². The lowest BCUT2D eigenvalue weighted by Crippen LogP contribution is -2.35. The number of hydroxylamine groups is 4. The number of carbonyl (C=O) groups excluding carboxylic acids is 5. The van der Waals surface area contributed by atoms with Crippen molar-refractivity contribution in [1.82, 2.24) is 25.1 Å². The van der Waals surface area contributed by atoms with E-state index >= 15 is 0 Å². The third kappa shape index (κ3) is 9.90. The number of amides is 3. The third-order valence-corrected chi connectivity index (χ3v) is 5.99. The zero-order chi connectivity index (χ0) is 28.2. The Morgan fingerprint density at radius 1 is 0.795 bits per heavy atom. The van der Waals surface area contributed by atoms with Crippen LogP contribution < -0.4 is 10.6 Å². The summed E-state index contributed by atoms with van der Waals surface area (Å²) in [5.41, 5.74) is 0. The smallest absolute Gasteiger partial charge is 0.333 e. The highest BCUT2D eigenvalue weighted by molar-refractivity contribution is 6.28. The zero-order valence-corrected chi connectivity index (χ0v) is 22.2. The monoisotopic (exact) mass is 569 g/mol. The number of rotatable bonds is 16. The molecule has 0 spiro atoms. The lowest BCUT2D eigenvalue weighted by atomic mass is 10.2.